The molecule has 4 rings (SSSR count). The van der Waals surface area contributed by atoms with Gasteiger partial charge in [-0.25, -0.2) is 0 Å². The lowest BCUT2D eigenvalue weighted by Gasteiger charge is -2.29. The Morgan fingerprint density at radius 2 is 2.10 bits per heavy atom. The number of nitrogens with one attached hydrogen (secondary N) is 1. The van der Waals surface area contributed by atoms with Crippen LogP contribution in [0, 0.1) is 11.8 Å². The van der Waals surface area contributed by atoms with Crippen LogP contribution in [-0.4, -0.2) is 29.0 Å². The van der Waals surface area contributed by atoms with Crippen LogP contribution in [0.5, 0.6) is 0 Å². The van der Waals surface area contributed by atoms with Crippen LogP contribution >= 0.6 is 0 Å². The van der Waals surface area contributed by atoms with Crippen LogP contribution in [0.15, 0.2) is 30.5 Å². The molecule has 3 heteroatoms. The summed E-state index contributed by atoms with van der Waals surface area (Å²) in [6, 6.07) is 9.02. The molecule has 1 aliphatic heterocycles. The summed E-state index contributed by atoms with van der Waals surface area (Å²) in [5, 5.41) is 1.37. The highest BCUT2D eigenvalue weighted by atomic mass is 15.2. The predicted molar refractivity (Wildman–Crippen MR) is 82.4 cm³/mol. The van der Waals surface area contributed by atoms with Crippen molar-refractivity contribution in [1.29, 1.82) is 0 Å². The molecule has 0 bridgehead atoms. The second-order valence-corrected chi connectivity index (χ2v) is 6.57. The number of benzene rings is 1. The minimum absolute atomic E-state index is 0.432. The number of hydrogen-bond acceptors (Lipinski definition) is 2. The molecule has 3 nitrogen and oxygen atoms in total. The molecule has 3 unspecified atom stereocenters. The summed E-state index contributed by atoms with van der Waals surface area (Å²) in [7, 11) is 0. The van der Waals surface area contributed by atoms with Gasteiger partial charge in [0.1, 0.15) is 0 Å². The van der Waals surface area contributed by atoms with Crippen molar-refractivity contribution in [3.8, 4) is 0 Å². The maximum Gasteiger partial charge on any atom is 0.0457 e. The van der Waals surface area contributed by atoms with Crippen molar-refractivity contribution < 1.29 is 0 Å². The maximum absolute atomic E-state index is 6.31. The van der Waals surface area contributed by atoms with E-state index in [2.05, 4.69) is 40.3 Å². The molecule has 20 heavy (non-hydrogen) atoms. The second kappa shape index (κ2) is 4.90. The largest absolute Gasteiger partial charge is 0.361 e. The quantitative estimate of drug-likeness (QED) is 0.880. The van der Waals surface area contributed by atoms with Gasteiger partial charge in [-0.05, 0) is 36.3 Å². The number of para-hydroxylation sites is 1. The van der Waals surface area contributed by atoms with Gasteiger partial charge < -0.3 is 10.7 Å². The van der Waals surface area contributed by atoms with Crippen LogP contribution in [-0.2, 0) is 6.54 Å². The molecule has 0 spiro atoms. The Bertz CT molecular complexity index is 603. The van der Waals surface area contributed by atoms with Gasteiger partial charge in [-0.3, -0.25) is 4.90 Å². The summed E-state index contributed by atoms with van der Waals surface area (Å²) in [5.74, 6) is 1.57. The molecule has 0 radical (unpaired) electrons. The average Bonchev–Trinajstić information content (AvgIpc) is 3.05. The van der Waals surface area contributed by atoms with Crippen LogP contribution in [0.25, 0.3) is 10.9 Å². The second-order valence-electron chi connectivity index (χ2n) is 6.57. The molecule has 3 atom stereocenters. The molecule has 2 aromatic rings. The van der Waals surface area contributed by atoms with E-state index >= 15 is 0 Å². The summed E-state index contributed by atoms with van der Waals surface area (Å²) in [5.41, 5.74) is 8.98. The molecule has 1 aromatic carbocycles. The van der Waals surface area contributed by atoms with Gasteiger partial charge in [0.15, 0.2) is 0 Å². The number of likely N-dealkylation sites (tertiary alicyclic amines) is 1. The van der Waals surface area contributed by atoms with Gasteiger partial charge in [-0.1, -0.05) is 24.6 Å². The fourth-order valence-electron chi connectivity index (χ4n) is 4.24. The molecule has 1 saturated heterocycles. The summed E-state index contributed by atoms with van der Waals surface area (Å²) < 4.78 is 0. The van der Waals surface area contributed by atoms with E-state index in [1.807, 2.05) is 0 Å². The summed E-state index contributed by atoms with van der Waals surface area (Å²) in [6.07, 6.45) is 6.10. The van der Waals surface area contributed by atoms with Crippen LogP contribution < -0.4 is 5.73 Å². The molecule has 1 saturated carbocycles. The van der Waals surface area contributed by atoms with E-state index in [1.54, 1.807) is 0 Å². The third-order valence-electron chi connectivity index (χ3n) is 5.30. The van der Waals surface area contributed by atoms with E-state index in [4.69, 9.17) is 5.73 Å². The lowest BCUT2D eigenvalue weighted by Crippen LogP contribution is -2.38. The highest BCUT2D eigenvalue weighted by Crippen LogP contribution is 2.36. The Balaban J connectivity index is 1.52. The fraction of sp³-hybridized carbons (Fsp3) is 0.529. The number of hydrogen-bond donors (Lipinski definition) is 2. The first-order valence-corrected chi connectivity index (χ1v) is 7.84. The van der Waals surface area contributed by atoms with Gasteiger partial charge in [-0.2, -0.15) is 0 Å². The van der Waals surface area contributed by atoms with Crippen molar-refractivity contribution in [3.05, 3.63) is 36.0 Å². The molecule has 2 fully saturated rings. The van der Waals surface area contributed by atoms with Gasteiger partial charge in [-0.15, -0.1) is 0 Å². The van der Waals surface area contributed by atoms with Gasteiger partial charge in [0, 0.05) is 42.8 Å². The lowest BCUT2D eigenvalue weighted by atomic mass is 9.78. The van der Waals surface area contributed by atoms with E-state index < -0.39 is 0 Å². The van der Waals surface area contributed by atoms with Crippen molar-refractivity contribution in [3.63, 3.8) is 0 Å². The first kappa shape index (κ1) is 12.4. The van der Waals surface area contributed by atoms with E-state index in [0.717, 1.165) is 18.4 Å². The minimum Gasteiger partial charge on any atom is -0.361 e. The average molecular weight is 269 g/mol. The van der Waals surface area contributed by atoms with Crippen LogP contribution in [0.4, 0.5) is 0 Å². The standard InChI is InChI=1S/C17H23N3/c18-16-6-3-4-12-9-20(11-15(12)16)10-13-8-19-17-7-2-1-5-14(13)17/h1-2,5,7-8,12,15-16,19H,3-4,6,9-11,18H2. The van der Waals surface area contributed by atoms with Crippen molar-refractivity contribution in [2.75, 3.05) is 13.1 Å². The zero-order valence-corrected chi connectivity index (χ0v) is 11.9. The minimum atomic E-state index is 0.432. The summed E-state index contributed by atoms with van der Waals surface area (Å²) in [4.78, 5) is 5.99. The number of aromatic amines is 1. The van der Waals surface area contributed by atoms with Crippen molar-refractivity contribution in [1.82, 2.24) is 9.88 Å². The number of rotatable bonds is 2. The fourth-order valence-corrected chi connectivity index (χ4v) is 4.24. The Labute approximate surface area is 120 Å². The third-order valence-corrected chi connectivity index (χ3v) is 5.30. The van der Waals surface area contributed by atoms with Gasteiger partial charge in [0.2, 0.25) is 0 Å². The summed E-state index contributed by atoms with van der Waals surface area (Å²) >= 11 is 0. The van der Waals surface area contributed by atoms with Gasteiger partial charge in [0.25, 0.3) is 0 Å². The Morgan fingerprint density at radius 1 is 1.20 bits per heavy atom. The topological polar surface area (TPSA) is 45.0 Å². The van der Waals surface area contributed by atoms with E-state index in [-0.39, 0.29) is 0 Å². The molecule has 2 aliphatic rings. The highest BCUT2D eigenvalue weighted by Gasteiger charge is 2.38. The molecule has 1 aliphatic carbocycles. The number of nitrogens with zero attached hydrogens (tertiary/aromatic N) is 1. The van der Waals surface area contributed by atoms with Gasteiger partial charge in [0.05, 0.1) is 0 Å². The predicted octanol–water partition coefficient (Wildman–Crippen LogP) is 2.73. The van der Waals surface area contributed by atoms with Crippen LogP contribution in [0.2, 0.25) is 0 Å². The molecule has 106 valence electrons. The van der Waals surface area contributed by atoms with Crippen LogP contribution in [0.1, 0.15) is 24.8 Å². The highest BCUT2D eigenvalue weighted by molar-refractivity contribution is 5.82. The molecule has 2 heterocycles. The maximum atomic E-state index is 6.31. The molecule has 3 N–H and O–H groups in total. The van der Waals surface area contributed by atoms with E-state index in [9.17, 15) is 0 Å². The Morgan fingerprint density at radius 3 is 3.00 bits per heavy atom. The van der Waals surface area contributed by atoms with Gasteiger partial charge >= 0.3 is 0 Å². The number of fused-ring (bicyclic) bond motifs is 2. The normalized spacial score (nSPS) is 30.8. The Hall–Kier alpha value is -1.32. The van der Waals surface area contributed by atoms with E-state index in [1.165, 1.54) is 48.8 Å². The number of nitrogens with two attached hydrogens (primary N) is 1. The lowest BCUT2D eigenvalue weighted by molar-refractivity contribution is 0.259. The van der Waals surface area contributed by atoms with Crippen LogP contribution in [0.3, 0.4) is 0 Å². The number of H-pyrrole nitrogens is 1. The third kappa shape index (κ3) is 2.05. The van der Waals surface area contributed by atoms with Crippen molar-refractivity contribution in [2.45, 2.75) is 31.8 Å². The monoisotopic (exact) mass is 269 g/mol. The van der Waals surface area contributed by atoms with Crippen molar-refractivity contribution in [2.24, 2.45) is 17.6 Å². The Kier molecular flexibility index (Phi) is 3.04. The SMILES string of the molecule is NC1CCCC2CN(Cc3c[nH]c4ccccc34)CC12. The zero-order chi connectivity index (χ0) is 13.5. The molecule has 1 aromatic heterocycles. The molecular formula is C17H23N3. The molecular weight excluding hydrogens is 246 g/mol. The smallest absolute Gasteiger partial charge is 0.0457 e. The molecule has 0 amide bonds. The first-order chi connectivity index (χ1) is 9.81. The summed E-state index contributed by atoms with van der Waals surface area (Å²) in [6.45, 7) is 3.48. The van der Waals surface area contributed by atoms with Crippen molar-refractivity contribution >= 4 is 10.9 Å². The van der Waals surface area contributed by atoms with E-state index in [0.29, 0.717) is 6.04 Å². The first-order valence-electron chi connectivity index (χ1n) is 7.84. The number of aromatic nitrogens is 1. The zero-order valence-electron chi connectivity index (χ0n) is 11.9.